The lowest BCUT2D eigenvalue weighted by Crippen LogP contribution is -1.91. The van der Waals surface area contributed by atoms with Crippen molar-refractivity contribution in [2.45, 2.75) is 6.92 Å². The average Bonchev–Trinajstić information content (AvgIpc) is 2.08. The zero-order valence-corrected chi connectivity index (χ0v) is 7.57. The Balaban J connectivity index is 3.12. The van der Waals surface area contributed by atoms with Gasteiger partial charge in [-0.05, 0) is 19.1 Å². The summed E-state index contributed by atoms with van der Waals surface area (Å²) in [4.78, 5) is 4.01. The van der Waals surface area contributed by atoms with Crippen LogP contribution in [0.3, 0.4) is 0 Å². The quantitative estimate of drug-likeness (QED) is 0.530. The highest BCUT2D eigenvalue weighted by atomic mass is 14.8. The maximum absolute atomic E-state index is 5.57. The van der Waals surface area contributed by atoms with E-state index in [1.165, 1.54) is 6.34 Å². The van der Waals surface area contributed by atoms with E-state index in [0.717, 1.165) is 16.9 Å². The van der Waals surface area contributed by atoms with Crippen LogP contribution in [0.5, 0.6) is 0 Å². The van der Waals surface area contributed by atoms with Crippen molar-refractivity contribution >= 4 is 18.1 Å². The van der Waals surface area contributed by atoms with Gasteiger partial charge in [0.1, 0.15) is 0 Å². The summed E-state index contributed by atoms with van der Waals surface area (Å²) in [6.45, 7) is 1.84. The molecule has 0 atom stereocenters. The lowest BCUT2D eigenvalue weighted by atomic mass is 10.1. The predicted octanol–water partition coefficient (Wildman–Crippen LogP) is 1.62. The van der Waals surface area contributed by atoms with Crippen LogP contribution < -0.4 is 11.5 Å². The van der Waals surface area contributed by atoms with Crippen LogP contribution in [0.4, 0.5) is 5.69 Å². The fraction of sp³-hybridized carbons (Fsp3) is 0.100. The molecule has 0 bridgehead atoms. The highest BCUT2D eigenvalue weighted by molar-refractivity contribution is 5.69. The number of aliphatic imine (C=N–C) groups is 1. The van der Waals surface area contributed by atoms with Gasteiger partial charge in [0.25, 0.3) is 0 Å². The molecule has 0 aliphatic carbocycles. The first-order valence-electron chi connectivity index (χ1n) is 4.01. The molecule has 0 saturated heterocycles. The average molecular weight is 175 g/mol. The molecule has 13 heavy (non-hydrogen) atoms. The number of nitrogens with two attached hydrogens (primary N) is 2. The molecule has 0 aliphatic rings. The topological polar surface area (TPSA) is 64.4 Å². The normalized spacial score (nSPS) is 12.2. The second-order valence-electron chi connectivity index (χ2n) is 2.73. The van der Waals surface area contributed by atoms with E-state index in [2.05, 4.69) is 4.99 Å². The van der Waals surface area contributed by atoms with Crippen LogP contribution in [0, 0.1) is 0 Å². The van der Waals surface area contributed by atoms with Crippen LogP contribution in [-0.2, 0) is 0 Å². The van der Waals surface area contributed by atoms with Crippen molar-refractivity contribution < 1.29 is 0 Å². The first-order chi connectivity index (χ1) is 6.24. The van der Waals surface area contributed by atoms with Crippen LogP contribution in [0.1, 0.15) is 12.5 Å². The van der Waals surface area contributed by atoms with Gasteiger partial charge in [-0.2, -0.15) is 0 Å². The SMILES string of the molecule is C/C(N)=C\c1ccccc1N=CN. The highest BCUT2D eigenvalue weighted by Crippen LogP contribution is 2.19. The number of hydrogen-bond donors (Lipinski definition) is 2. The third kappa shape index (κ3) is 2.63. The van der Waals surface area contributed by atoms with Gasteiger partial charge in [0.05, 0.1) is 12.0 Å². The van der Waals surface area contributed by atoms with Gasteiger partial charge in [-0.25, -0.2) is 4.99 Å². The fourth-order valence-corrected chi connectivity index (χ4v) is 1.05. The summed E-state index contributed by atoms with van der Waals surface area (Å²) in [6.07, 6.45) is 3.14. The summed E-state index contributed by atoms with van der Waals surface area (Å²) in [6, 6.07) is 7.67. The molecule has 4 N–H and O–H groups in total. The molecule has 1 aromatic rings. The zero-order chi connectivity index (χ0) is 9.68. The van der Waals surface area contributed by atoms with Gasteiger partial charge in [0, 0.05) is 11.3 Å². The van der Waals surface area contributed by atoms with Crippen LogP contribution in [-0.4, -0.2) is 6.34 Å². The predicted molar refractivity (Wildman–Crippen MR) is 56.6 cm³/mol. The zero-order valence-electron chi connectivity index (χ0n) is 7.57. The van der Waals surface area contributed by atoms with E-state index in [-0.39, 0.29) is 0 Å². The largest absolute Gasteiger partial charge is 0.402 e. The lowest BCUT2D eigenvalue weighted by molar-refractivity contribution is 1.34. The molecule has 0 aromatic heterocycles. The van der Waals surface area contributed by atoms with Gasteiger partial charge in [-0.1, -0.05) is 18.2 Å². The summed E-state index contributed by atoms with van der Waals surface area (Å²) in [5.41, 5.74) is 13.3. The minimum Gasteiger partial charge on any atom is -0.402 e. The first-order valence-corrected chi connectivity index (χ1v) is 4.01. The monoisotopic (exact) mass is 175 g/mol. The van der Waals surface area contributed by atoms with Gasteiger partial charge in [-0.3, -0.25) is 0 Å². The molecule has 0 heterocycles. The van der Waals surface area contributed by atoms with E-state index in [4.69, 9.17) is 11.5 Å². The third-order valence-electron chi connectivity index (χ3n) is 1.53. The van der Waals surface area contributed by atoms with Gasteiger partial charge >= 0.3 is 0 Å². The van der Waals surface area contributed by atoms with Crippen LogP contribution >= 0.6 is 0 Å². The maximum atomic E-state index is 5.57. The van der Waals surface area contributed by atoms with Crippen molar-refractivity contribution in [3.63, 3.8) is 0 Å². The Bertz CT molecular complexity index is 336. The highest BCUT2D eigenvalue weighted by Gasteiger charge is 1.94. The van der Waals surface area contributed by atoms with E-state index < -0.39 is 0 Å². The molecule has 68 valence electrons. The molecule has 3 heteroatoms. The molecular formula is C10H13N3. The number of benzene rings is 1. The Morgan fingerprint density at radius 3 is 2.69 bits per heavy atom. The molecule has 1 rings (SSSR count). The maximum Gasteiger partial charge on any atom is 0.0860 e. The van der Waals surface area contributed by atoms with Crippen molar-refractivity contribution in [3.8, 4) is 0 Å². The van der Waals surface area contributed by atoms with E-state index >= 15 is 0 Å². The molecule has 0 saturated carbocycles. The minimum absolute atomic E-state index is 0.750. The van der Waals surface area contributed by atoms with E-state index in [9.17, 15) is 0 Å². The first kappa shape index (κ1) is 9.32. The smallest absolute Gasteiger partial charge is 0.0860 e. The van der Waals surface area contributed by atoms with Crippen molar-refractivity contribution in [1.82, 2.24) is 0 Å². The van der Waals surface area contributed by atoms with E-state index in [0.29, 0.717) is 0 Å². The van der Waals surface area contributed by atoms with Gasteiger partial charge in [0.2, 0.25) is 0 Å². The number of nitrogens with zero attached hydrogens (tertiary/aromatic N) is 1. The van der Waals surface area contributed by atoms with E-state index in [1.807, 2.05) is 37.3 Å². The van der Waals surface area contributed by atoms with Gasteiger partial charge in [-0.15, -0.1) is 0 Å². The van der Waals surface area contributed by atoms with Crippen LogP contribution in [0.15, 0.2) is 35.0 Å². The number of allylic oxidation sites excluding steroid dienone is 1. The fourth-order valence-electron chi connectivity index (χ4n) is 1.05. The van der Waals surface area contributed by atoms with Gasteiger partial charge < -0.3 is 11.5 Å². The number of hydrogen-bond acceptors (Lipinski definition) is 2. The summed E-state index contributed by atoms with van der Waals surface area (Å²) in [7, 11) is 0. The van der Waals surface area contributed by atoms with Crippen LogP contribution in [0.2, 0.25) is 0 Å². The van der Waals surface area contributed by atoms with Crippen molar-refractivity contribution in [3.05, 3.63) is 35.5 Å². The molecule has 0 radical (unpaired) electrons. The lowest BCUT2D eigenvalue weighted by Gasteiger charge is -1.99. The molecular weight excluding hydrogens is 162 g/mol. The Kier molecular flexibility index (Phi) is 3.09. The molecule has 3 nitrogen and oxygen atoms in total. The molecule has 1 aromatic carbocycles. The Morgan fingerprint density at radius 2 is 2.08 bits per heavy atom. The molecule has 0 aliphatic heterocycles. The third-order valence-corrected chi connectivity index (χ3v) is 1.53. The summed E-state index contributed by atoms with van der Waals surface area (Å²) in [5.74, 6) is 0. The Hall–Kier alpha value is -1.77. The Labute approximate surface area is 77.8 Å². The second kappa shape index (κ2) is 4.30. The molecule has 0 fully saturated rings. The summed E-state index contributed by atoms with van der Waals surface area (Å²) < 4.78 is 0. The summed E-state index contributed by atoms with van der Waals surface area (Å²) >= 11 is 0. The standard InChI is InChI=1S/C10H13N3/c1-8(12)6-9-4-2-3-5-10(9)13-7-11/h2-7H,12H2,1H3,(H2,11,13)/b8-6+. The minimum atomic E-state index is 0.750. The van der Waals surface area contributed by atoms with Crippen LogP contribution in [0.25, 0.3) is 6.08 Å². The molecule has 0 unspecified atom stereocenters. The van der Waals surface area contributed by atoms with Crippen molar-refractivity contribution in [1.29, 1.82) is 0 Å². The number of rotatable bonds is 2. The van der Waals surface area contributed by atoms with Crippen molar-refractivity contribution in [2.75, 3.05) is 0 Å². The Morgan fingerprint density at radius 1 is 1.38 bits per heavy atom. The van der Waals surface area contributed by atoms with Gasteiger partial charge in [0.15, 0.2) is 0 Å². The second-order valence-corrected chi connectivity index (χ2v) is 2.73. The summed E-state index contributed by atoms with van der Waals surface area (Å²) in [5, 5.41) is 0. The number of para-hydroxylation sites is 1. The molecule has 0 amide bonds. The molecule has 0 spiro atoms. The van der Waals surface area contributed by atoms with E-state index in [1.54, 1.807) is 0 Å². The van der Waals surface area contributed by atoms with Crippen molar-refractivity contribution in [2.24, 2.45) is 16.5 Å².